The van der Waals surface area contributed by atoms with Crippen LogP contribution in [-0.2, 0) is 14.3 Å². The maximum atomic E-state index is 13.4. The molecule has 0 radical (unpaired) electrons. The van der Waals surface area contributed by atoms with Crippen molar-refractivity contribution in [2.24, 2.45) is 0 Å². The molecule has 146 valence electrons. The van der Waals surface area contributed by atoms with Crippen LogP contribution in [0.25, 0.3) is 0 Å². The third-order valence-electron chi connectivity index (χ3n) is 4.66. The van der Waals surface area contributed by atoms with Crippen LogP contribution in [0, 0.1) is 5.82 Å². The maximum absolute atomic E-state index is 13.4. The molecule has 3 N–H and O–H groups in total. The number of ether oxygens (including phenoxy) is 1. The number of amides is 2. The van der Waals surface area contributed by atoms with Crippen LogP contribution in [0.2, 0.25) is 0 Å². The molecule has 3 heterocycles. The van der Waals surface area contributed by atoms with Gasteiger partial charge in [0.1, 0.15) is 11.6 Å². The second-order valence-corrected chi connectivity index (χ2v) is 6.56. The largest absolute Gasteiger partial charge is 0.378 e. The summed E-state index contributed by atoms with van der Waals surface area (Å²) >= 11 is 0. The molecule has 4 rings (SSSR count). The van der Waals surface area contributed by atoms with E-state index in [1.165, 1.54) is 18.2 Å². The van der Waals surface area contributed by atoms with Crippen LogP contribution in [0.15, 0.2) is 29.1 Å². The van der Waals surface area contributed by atoms with Crippen molar-refractivity contribution < 1.29 is 18.7 Å². The number of anilines is 3. The highest BCUT2D eigenvalue weighted by Crippen LogP contribution is 2.30. The van der Waals surface area contributed by atoms with E-state index in [-0.39, 0.29) is 23.5 Å². The summed E-state index contributed by atoms with van der Waals surface area (Å²) in [7, 11) is 0. The Morgan fingerprint density at radius 3 is 2.82 bits per heavy atom. The molecule has 0 saturated carbocycles. The van der Waals surface area contributed by atoms with Gasteiger partial charge >= 0.3 is 0 Å². The average Bonchev–Trinajstić information content (AvgIpc) is 2.67. The Bertz CT molecular complexity index is 986. The Hall–Kier alpha value is -3.27. The number of fused-ring (bicyclic) bond motifs is 1. The van der Waals surface area contributed by atoms with Gasteiger partial charge < -0.3 is 20.3 Å². The molecule has 1 saturated heterocycles. The zero-order chi connectivity index (χ0) is 19.7. The summed E-state index contributed by atoms with van der Waals surface area (Å²) in [6.45, 7) is 2.12. The van der Waals surface area contributed by atoms with Gasteiger partial charge in [0.2, 0.25) is 17.8 Å². The van der Waals surface area contributed by atoms with Crippen LogP contribution < -0.4 is 21.1 Å². The lowest BCUT2D eigenvalue weighted by molar-refractivity contribution is -0.123. The lowest BCUT2D eigenvalue weighted by Gasteiger charge is -2.29. The third kappa shape index (κ3) is 3.58. The summed E-state index contributed by atoms with van der Waals surface area (Å²) in [5.41, 5.74) is -0.164. The Morgan fingerprint density at radius 2 is 2.07 bits per heavy atom. The Labute approximate surface area is 158 Å². The van der Waals surface area contributed by atoms with Gasteiger partial charge in [-0.2, -0.15) is 4.98 Å². The summed E-state index contributed by atoms with van der Waals surface area (Å²) in [6, 6.07) is 5.39. The topological polar surface area (TPSA) is 116 Å². The number of H-pyrrole nitrogens is 1. The number of rotatable bonds is 3. The summed E-state index contributed by atoms with van der Waals surface area (Å²) in [5, 5.41) is 5.12. The van der Waals surface area contributed by atoms with E-state index in [2.05, 4.69) is 20.6 Å². The summed E-state index contributed by atoms with van der Waals surface area (Å²) in [5.74, 6) is -2.14. The molecular formula is C18H18FN5O4. The van der Waals surface area contributed by atoms with Crippen molar-refractivity contribution in [2.75, 3.05) is 41.8 Å². The van der Waals surface area contributed by atoms with Gasteiger partial charge in [-0.25, -0.2) is 4.39 Å². The fraction of sp³-hybridized carbons (Fsp3) is 0.333. The minimum Gasteiger partial charge on any atom is -0.378 e. The number of nitrogens with zero attached hydrogens (tertiary/aromatic N) is 2. The van der Waals surface area contributed by atoms with Gasteiger partial charge in [-0.05, 0) is 18.2 Å². The summed E-state index contributed by atoms with van der Waals surface area (Å²) < 4.78 is 18.6. The van der Waals surface area contributed by atoms with Crippen molar-refractivity contribution in [3.63, 3.8) is 0 Å². The normalized spacial score (nSPS) is 19.0. The van der Waals surface area contributed by atoms with Crippen LogP contribution in [-0.4, -0.2) is 48.1 Å². The van der Waals surface area contributed by atoms with Crippen molar-refractivity contribution in [3.8, 4) is 0 Å². The lowest BCUT2D eigenvalue weighted by Crippen LogP contribution is -2.41. The van der Waals surface area contributed by atoms with E-state index >= 15 is 0 Å². The second kappa shape index (κ2) is 7.39. The van der Waals surface area contributed by atoms with E-state index in [1.54, 1.807) is 0 Å². The smallest absolute Gasteiger partial charge is 0.258 e. The van der Waals surface area contributed by atoms with E-state index in [0.29, 0.717) is 32.3 Å². The Balaban J connectivity index is 1.65. The molecule has 1 fully saturated rings. The maximum Gasteiger partial charge on any atom is 0.258 e. The number of benzene rings is 1. The Morgan fingerprint density at radius 1 is 1.29 bits per heavy atom. The van der Waals surface area contributed by atoms with Crippen LogP contribution >= 0.6 is 0 Å². The third-order valence-corrected chi connectivity index (χ3v) is 4.66. The molecule has 2 aliphatic rings. The van der Waals surface area contributed by atoms with Gasteiger partial charge in [-0.3, -0.25) is 19.4 Å². The summed E-state index contributed by atoms with van der Waals surface area (Å²) in [4.78, 5) is 46.4. The highest BCUT2D eigenvalue weighted by Gasteiger charge is 2.35. The molecule has 10 heteroatoms. The molecule has 1 atom stereocenters. The van der Waals surface area contributed by atoms with Gasteiger partial charge in [0.05, 0.1) is 24.7 Å². The van der Waals surface area contributed by atoms with Crippen molar-refractivity contribution >= 4 is 29.3 Å². The van der Waals surface area contributed by atoms with Crippen molar-refractivity contribution in [1.29, 1.82) is 0 Å². The first-order chi connectivity index (χ1) is 13.5. The molecule has 0 aliphatic carbocycles. The van der Waals surface area contributed by atoms with E-state index in [9.17, 15) is 18.8 Å². The molecule has 1 aromatic carbocycles. The number of carbonyl (C=O) groups excluding carboxylic acids is 2. The summed E-state index contributed by atoms with van der Waals surface area (Å²) in [6.07, 6.45) is -0.199. The number of hydrogen-bond acceptors (Lipinski definition) is 6. The predicted octanol–water partition coefficient (Wildman–Crippen LogP) is 0.810. The molecule has 1 aromatic heterocycles. The molecule has 0 spiro atoms. The van der Waals surface area contributed by atoms with Crippen molar-refractivity contribution in [3.05, 3.63) is 46.0 Å². The van der Waals surface area contributed by atoms with E-state index in [0.717, 1.165) is 6.07 Å². The van der Waals surface area contributed by atoms with Crippen LogP contribution in [0.1, 0.15) is 17.9 Å². The van der Waals surface area contributed by atoms with Gasteiger partial charge in [-0.15, -0.1) is 0 Å². The molecule has 0 unspecified atom stereocenters. The van der Waals surface area contributed by atoms with Gasteiger partial charge in [0, 0.05) is 25.2 Å². The highest BCUT2D eigenvalue weighted by atomic mass is 19.1. The van der Waals surface area contributed by atoms with Gasteiger partial charge in [-0.1, -0.05) is 6.07 Å². The predicted molar refractivity (Wildman–Crippen MR) is 98.9 cm³/mol. The second-order valence-electron chi connectivity index (χ2n) is 6.56. The fourth-order valence-electron chi connectivity index (χ4n) is 3.30. The van der Waals surface area contributed by atoms with Gasteiger partial charge in [0.25, 0.3) is 5.56 Å². The molecule has 9 nitrogen and oxygen atoms in total. The van der Waals surface area contributed by atoms with E-state index < -0.39 is 29.1 Å². The monoisotopic (exact) mass is 387 g/mol. The first kappa shape index (κ1) is 18.1. The zero-order valence-corrected chi connectivity index (χ0v) is 14.8. The number of carbonyl (C=O) groups is 2. The quantitative estimate of drug-likeness (QED) is 0.718. The minimum absolute atomic E-state index is 0.0703. The van der Waals surface area contributed by atoms with Crippen molar-refractivity contribution in [1.82, 2.24) is 9.97 Å². The van der Waals surface area contributed by atoms with Crippen LogP contribution in [0.3, 0.4) is 0 Å². The number of aromatic nitrogens is 2. The zero-order valence-electron chi connectivity index (χ0n) is 14.8. The van der Waals surface area contributed by atoms with Crippen LogP contribution in [0.4, 0.5) is 21.8 Å². The van der Waals surface area contributed by atoms with Gasteiger partial charge in [0.15, 0.2) is 0 Å². The molecule has 28 heavy (non-hydrogen) atoms. The van der Waals surface area contributed by atoms with E-state index in [4.69, 9.17) is 4.74 Å². The standard InChI is InChI=1S/C18H18FN5O4/c19-10-2-1-3-11(8-10)20-16(26)12-9-13(25)21-15-14(12)17(27)23-18(22-15)24-4-6-28-7-5-24/h1-3,8,12H,4-7,9H2,(H,20,26)(H2,21,22,23,25,27)/t12-/m1/s1. The Kier molecular flexibility index (Phi) is 4.78. The number of morpholine rings is 1. The van der Waals surface area contributed by atoms with Crippen LogP contribution in [0.5, 0.6) is 0 Å². The first-order valence-corrected chi connectivity index (χ1v) is 8.84. The molecule has 0 bridgehead atoms. The lowest BCUT2D eigenvalue weighted by atomic mass is 9.92. The minimum atomic E-state index is -1.03. The number of halogens is 1. The van der Waals surface area contributed by atoms with E-state index in [1.807, 2.05) is 4.90 Å². The molecule has 2 aromatic rings. The number of nitrogens with one attached hydrogen (secondary N) is 3. The first-order valence-electron chi connectivity index (χ1n) is 8.84. The van der Waals surface area contributed by atoms with Crippen molar-refractivity contribution in [2.45, 2.75) is 12.3 Å². The molecule has 2 aliphatic heterocycles. The molecule has 2 amide bonds. The highest BCUT2D eigenvalue weighted by molar-refractivity contribution is 6.04. The average molecular weight is 387 g/mol. The molecular weight excluding hydrogens is 369 g/mol. The fourth-order valence-corrected chi connectivity index (χ4v) is 3.30. The number of aromatic amines is 1. The number of hydrogen-bond donors (Lipinski definition) is 3. The SMILES string of the molecule is O=C1C[C@@H](C(=O)Nc2cccc(F)c2)c2c(nc(N3CCOCC3)[nH]c2=O)N1.